The van der Waals surface area contributed by atoms with Crippen LogP contribution in [0.15, 0.2) is 48.8 Å². The van der Waals surface area contributed by atoms with E-state index in [1.807, 2.05) is 50.2 Å². The number of carbonyl (C=O) groups is 4. The molecule has 362 valence electrons. The highest BCUT2D eigenvalue weighted by molar-refractivity contribution is 5.90. The summed E-state index contributed by atoms with van der Waals surface area (Å²) in [6.45, 7) is 22.4. The number of aromatic nitrogens is 6. The van der Waals surface area contributed by atoms with Crippen LogP contribution in [0.1, 0.15) is 144 Å². The molecule has 0 unspecified atom stereocenters. The number of hydrogen-bond acceptors (Lipinski definition) is 10. The molecule has 16 heteroatoms. The van der Waals surface area contributed by atoms with Crippen LogP contribution in [0.3, 0.4) is 0 Å². The zero-order valence-electron chi connectivity index (χ0n) is 41.4. The van der Waals surface area contributed by atoms with Gasteiger partial charge in [0.1, 0.15) is 11.6 Å². The van der Waals surface area contributed by atoms with Crippen molar-refractivity contribution in [3.63, 3.8) is 0 Å². The van der Waals surface area contributed by atoms with Crippen LogP contribution in [0.25, 0.3) is 44.6 Å². The number of imidazole rings is 2. The van der Waals surface area contributed by atoms with Gasteiger partial charge in [0.25, 0.3) is 11.8 Å². The standard InChI is InChI=1S/C52H68N10O6/c1-47(2,3)39(59-43(63)51(9,49(7)19-20-49)67-45(65)61-23-11-12-24-61)41-55-33-17-15-31(27-35(33)57-41)37-29-54-38(30-53-37)32-16-18-34-36(28-32)58-42(56-34)40(48(4,5)6)60-44(64)52(10,50(8)21-22-50)68-46(66)62-25-13-14-26-62/h15-18,27-30,39-40H,11-14,19-26H2,1-10H3,(H,55,57)(H,56,58)(H,59,63)(H,60,64)/t39-,40-,51+,52+/m1/s1. The Morgan fingerprint density at radius 2 is 0.941 bits per heavy atom. The minimum Gasteiger partial charge on any atom is -0.432 e. The second kappa shape index (κ2) is 16.9. The van der Waals surface area contributed by atoms with Gasteiger partial charge in [0.05, 0.1) is 57.9 Å². The minimum absolute atomic E-state index is 0.328. The molecular formula is C52H68N10O6. The van der Waals surface area contributed by atoms with Gasteiger partial charge < -0.3 is 39.9 Å². The second-order valence-corrected chi connectivity index (χ2v) is 22.9. The number of benzene rings is 2. The first-order chi connectivity index (χ1) is 32.0. The summed E-state index contributed by atoms with van der Waals surface area (Å²) in [4.78, 5) is 85.0. The Labute approximate surface area is 398 Å². The molecule has 5 heterocycles. The van der Waals surface area contributed by atoms with Crippen LogP contribution in [-0.4, -0.2) is 101 Å². The van der Waals surface area contributed by atoms with Crippen molar-refractivity contribution in [2.24, 2.45) is 21.7 Å². The Morgan fingerprint density at radius 3 is 1.25 bits per heavy atom. The van der Waals surface area contributed by atoms with E-state index >= 15 is 0 Å². The monoisotopic (exact) mass is 929 g/mol. The third-order valence-electron chi connectivity index (χ3n) is 15.6. The van der Waals surface area contributed by atoms with Gasteiger partial charge in [-0.25, -0.2) is 19.6 Å². The summed E-state index contributed by atoms with van der Waals surface area (Å²) >= 11 is 0. The van der Waals surface area contributed by atoms with Crippen LogP contribution >= 0.6 is 0 Å². The van der Waals surface area contributed by atoms with E-state index < -0.39 is 57.1 Å². The second-order valence-electron chi connectivity index (χ2n) is 22.9. The Kier molecular flexibility index (Phi) is 11.7. The third kappa shape index (κ3) is 8.79. The summed E-state index contributed by atoms with van der Waals surface area (Å²) in [7, 11) is 0. The molecule has 2 aliphatic heterocycles. The normalized spacial score (nSPS) is 20.3. The predicted molar refractivity (Wildman–Crippen MR) is 259 cm³/mol. The molecule has 2 aliphatic carbocycles. The lowest BCUT2D eigenvalue weighted by Gasteiger charge is -2.38. The molecule has 4 N–H and O–H groups in total. The molecule has 2 aromatic carbocycles. The van der Waals surface area contributed by atoms with Crippen molar-refractivity contribution >= 4 is 46.1 Å². The van der Waals surface area contributed by atoms with E-state index in [0.717, 1.165) is 84.6 Å². The number of aromatic amines is 2. The molecule has 0 bridgehead atoms. The Bertz CT molecular complexity index is 2560. The van der Waals surface area contributed by atoms with Crippen LogP contribution < -0.4 is 10.6 Å². The number of nitrogens with one attached hydrogen (secondary N) is 4. The van der Waals surface area contributed by atoms with Gasteiger partial charge in [0, 0.05) is 48.1 Å². The molecule has 68 heavy (non-hydrogen) atoms. The first-order valence-electron chi connectivity index (χ1n) is 24.4. The van der Waals surface area contributed by atoms with Gasteiger partial charge in [0.2, 0.25) is 0 Å². The molecule has 2 saturated heterocycles. The number of H-pyrrole nitrogens is 2. The molecule has 4 atom stereocenters. The zero-order chi connectivity index (χ0) is 48.6. The lowest BCUT2D eigenvalue weighted by Crippen LogP contribution is -2.56. The number of amides is 4. The lowest BCUT2D eigenvalue weighted by molar-refractivity contribution is -0.148. The summed E-state index contributed by atoms with van der Waals surface area (Å²) in [5.74, 6) is 0.551. The van der Waals surface area contributed by atoms with Gasteiger partial charge in [-0.15, -0.1) is 0 Å². The van der Waals surface area contributed by atoms with Gasteiger partial charge in [-0.05, 0) is 100 Å². The first-order valence-corrected chi connectivity index (χ1v) is 24.4. The number of carbonyl (C=O) groups excluding carboxylic acids is 4. The van der Waals surface area contributed by atoms with Crippen molar-refractivity contribution in [2.75, 3.05) is 26.2 Å². The number of fused-ring (bicyclic) bond motifs is 2. The average Bonchev–Trinajstić information content (AvgIpc) is 3.81. The highest BCUT2D eigenvalue weighted by atomic mass is 16.6. The van der Waals surface area contributed by atoms with Crippen LogP contribution in [-0.2, 0) is 19.1 Å². The zero-order valence-corrected chi connectivity index (χ0v) is 41.4. The lowest BCUT2D eigenvalue weighted by atomic mass is 9.83. The van der Waals surface area contributed by atoms with Crippen LogP contribution in [0.2, 0.25) is 0 Å². The molecule has 0 spiro atoms. The number of hydrogen-bond donors (Lipinski definition) is 4. The SMILES string of the molecule is CC(C)(C)[C@H](NC(=O)[C@](C)(OC(=O)N1CCCC1)C1(C)CC1)c1nc2ccc(-c3cnc(-c4ccc5nc([C@@H](NC(=O)[C@](C)(OC(=O)N6CCCC6)C6(C)CC6)C(C)(C)C)[nH]c5c4)cn3)cc2[nH]1. The van der Waals surface area contributed by atoms with Crippen molar-refractivity contribution in [3.05, 3.63) is 60.4 Å². The highest BCUT2D eigenvalue weighted by Gasteiger charge is 2.62. The number of ether oxygens (including phenoxy) is 2. The maximum atomic E-state index is 14.3. The predicted octanol–water partition coefficient (Wildman–Crippen LogP) is 9.55. The van der Waals surface area contributed by atoms with Crippen molar-refractivity contribution in [1.29, 1.82) is 0 Å². The summed E-state index contributed by atoms with van der Waals surface area (Å²) in [6.07, 6.45) is 9.54. The Hall–Kier alpha value is -6.06. The quantitative estimate of drug-likeness (QED) is 0.0934. The Balaban J connectivity index is 0.913. The van der Waals surface area contributed by atoms with Gasteiger partial charge in [-0.3, -0.25) is 19.6 Å². The molecule has 4 fully saturated rings. The molecule has 3 aromatic heterocycles. The topological polar surface area (TPSA) is 200 Å². The molecule has 9 rings (SSSR count). The van der Waals surface area contributed by atoms with Gasteiger partial charge in [0.15, 0.2) is 11.2 Å². The molecule has 5 aromatic rings. The van der Waals surface area contributed by atoms with Crippen molar-refractivity contribution in [1.82, 2.24) is 50.3 Å². The number of nitrogens with zero attached hydrogens (tertiary/aromatic N) is 6. The number of likely N-dealkylation sites (tertiary alicyclic amines) is 2. The van der Waals surface area contributed by atoms with Crippen LogP contribution in [0.5, 0.6) is 0 Å². The van der Waals surface area contributed by atoms with Crippen molar-refractivity contribution < 1.29 is 28.7 Å². The van der Waals surface area contributed by atoms with E-state index in [2.05, 4.69) is 62.1 Å². The maximum absolute atomic E-state index is 14.3. The van der Waals surface area contributed by atoms with E-state index in [4.69, 9.17) is 29.4 Å². The fourth-order valence-electron chi connectivity index (χ4n) is 9.70. The number of rotatable bonds is 12. The van der Waals surface area contributed by atoms with Crippen molar-refractivity contribution in [3.8, 4) is 22.5 Å². The highest BCUT2D eigenvalue weighted by Crippen LogP contribution is 2.57. The van der Waals surface area contributed by atoms with Crippen molar-refractivity contribution in [2.45, 2.75) is 144 Å². The van der Waals surface area contributed by atoms with Crippen LogP contribution in [0.4, 0.5) is 9.59 Å². The third-order valence-corrected chi connectivity index (χ3v) is 15.6. The average molecular weight is 929 g/mol. The smallest absolute Gasteiger partial charge is 0.410 e. The van der Waals surface area contributed by atoms with Gasteiger partial charge in [-0.2, -0.15) is 0 Å². The minimum atomic E-state index is -1.34. The van der Waals surface area contributed by atoms with E-state index in [1.54, 1.807) is 36.0 Å². The Morgan fingerprint density at radius 1 is 0.588 bits per heavy atom. The summed E-state index contributed by atoms with van der Waals surface area (Å²) in [6, 6.07) is 10.7. The van der Waals surface area contributed by atoms with Gasteiger partial charge in [-0.1, -0.05) is 67.5 Å². The molecule has 4 amide bonds. The fourth-order valence-corrected chi connectivity index (χ4v) is 9.70. The molecule has 4 aliphatic rings. The molecule has 0 radical (unpaired) electrons. The van der Waals surface area contributed by atoms with E-state index in [0.29, 0.717) is 49.2 Å². The largest absolute Gasteiger partial charge is 0.432 e. The van der Waals surface area contributed by atoms with Crippen LogP contribution in [0, 0.1) is 21.7 Å². The first kappa shape index (κ1) is 47.0. The molecule has 2 saturated carbocycles. The summed E-state index contributed by atoms with van der Waals surface area (Å²) in [5.41, 5.74) is 1.59. The van der Waals surface area contributed by atoms with Gasteiger partial charge >= 0.3 is 12.2 Å². The summed E-state index contributed by atoms with van der Waals surface area (Å²) < 4.78 is 12.2. The molecule has 16 nitrogen and oxygen atoms in total. The summed E-state index contributed by atoms with van der Waals surface area (Å²) in [5, 5.41) is 6.51. The molecular weight excluding hydrogens is 861 g/mol. The van der Waals surface area contributed by atoms with E-state index in [9.17, 15) is 19.2 Å². The van der Waals surface area contributed by atoms with E-state index in [1.165, 1.54) is 0 Å². The van der Waals surface area contributed by atoms with E-state index in [-0.39, 0.29) is 11.8 Å². The fraction of sp³-hybridized carbons (Fsp3) is 0.577. The maximum Gasteiger partial charge on any atom is 0.410 e.